The van der Waals surface area contributed by atoms with Crippen LogP contribution in [0.25, 0.3) is 0 Å². The van der Waals surface area contributed by atoms with Crippen LogP contribution in [0.2, 0.25) is 0 Å². The molecule has 2 nitrogen and oxygen atoms in total. The van der Waals surface area contributed by atoms with Crippen LogP contribution in [0.3, 0.4) is 0 Å². The van der Waals surface area contributed by atoms with Gasteiger partial charge in [0.15, 0.2) is 0 Å². The third kappa shape index (κ3) is 5.61. The second-order valence-corrected chi connectivity index (χ2v) is 4.69. The second kappa shape index (κ2) is 7.24. The van der Waals surface area contributed by atoms with Crippen LogP contribution in [0, 0.1) is 5.92 Å². The minimum atomic E-state index is 0.602. The first-order valence-corrected chi connectivity index (χ1v) is 6.10. The summed E-state index contributed by atoms with van der Waals surface area (Å²) in [4.78, 5) is 0. The number of nitrogens with one attached hydrogen (secondary N) is 1. The smallest absolute Gasteiger partial charge is 0.0494 e. The number of rotatable bonds is 7. The molecule has 1 aliphatic rings. The van der Waals surface area contributed by atoms with E-state index < -0.39 is 0 Å². The van der Waals surface area contributed by atoms with Gasteiger partial charge in [0, 0.05) is 19.3 Å². The highest BCUT2D eigenvalue weighted by molar-refractivity contribution is 4.66. The monoisotopic (exact) mass is 199 g/mol. The van der Waals surface area contributed by atoms with Crippen molar-refractivity contribution in [2.75, 3.05) is 19.8 Å². The van der Waals surface area contributed by atoms with Gasteiger partial charge in [-0.15, -0.1) is 0 Å². The molecule has 0 aromatic carbocycles. The molecule has 0 aromatic heterocycles. The maximum atomic E-state index is 5.66. The lowest BCUT2D eigenvalue weighted by molar-refractivity contribution is 0.0990. The van der Waals surface area contributed by atoms with E-state index in [9.17, 15) is 0 Å². The highest BCUT2D eigenvalue weighted by Gasteiger charge is 2.14. The molecule has 14 heavy (non-hydrogen) atoms. The fraction of sp³-hybridized carbons (Fsp3) is 1.00. The molecule has 84 valence electrons. The van der Waals surface area contributed by atoms with Gasteiger partial charge in [0.05, 0.1) is 0 Å². The molecule has 1 saturated carbocycles. The number of hydrogen-bond donors (Lipinski definition) is 1. The Kier molecular flexibility index (Phi) is 6.20. The summed E-state index contributed by atoms with van der Waals surface area (Å²) in [5, 5.41) is 3.39. The standard InChI is InChI=1S/C12H25NO/c1-11(2)13-8-5-9-14-10-12-6-3-4-7-12/h11-13H,3-10H2,1-2H3. The zero-order chi connectivity index (χ0) is 10.2. The summed E-state index contributed by atoms with van der Waals surface area (Å²) in [6.07, 6.45) is 6.77. The summed E-state index contributed by atoms with van der Waals surface area (Å²) in [5.74, 6) is 0.869. The van der Waals surface area contributed by atoms with E-state index in [1.165, 1.54) is 25.7 Å². The first-order valence-electron chi connectivity index (χ1n) is 6.10. The van der Waals surface area contributed by atoms with Gasteiger partial charge in [-0.25, -0.2) is 0 Å². The minimum Gasteiger partial charge on any atom is -0.381 e. The Balaban J connectivity index is 1.79. The third-order valence-corrected chi connectivity index (χ3v) is 2.85. The van der Waals surface area contributed by atoms with Crippen LogP contribution >= 0.6 is 0 Å². The zero-order valence-corrected chi connectivity index (χ0v) is 9.72. The summed E-state index contributed by atoms with van der Waals surface area (Å²) in [7, 11) is 0. The van der Waals surface area contributed by atoms with E-state index >= 15 is 0 Å². The molecule has 0 unspecified atom stereocenters. The van der Waals surface area contributed by atoms with Gasteiger partial charge < -0.3 is 10.1 Å². The van der Waals surface area contributed by atoms with E-state index in [0.29, 0.717) is 6.04 Å². The topological polar surface area (TPSA) is 21.3 Å². The Bertz CT molecular complexity index is 130. The Morgan fingerprint density at radius 2 is 2.00 bits per heavy atom. The fourth-order valence-corrected chi connectivity index (χ4v) is 1.99. The Hall–Kier alpha value is -0.0800. The number of hydrogen-bond acceptors (Lipinski definition) is 2. The third-order valence-electron chi connectivity index (χ3n) is 2.85. The molecule has 0 saturated heterocycles. The first kappa shape index (κ1) is 12.0. The quantitative estimate of drug-likeness (QED) is 0.636. The molecule has 0 aromatic rings. The zero-order valence-electron chi connectivity index (χ0n) is 9.72. The summed E-state index contributed by atoms with van der Waals surface area (Å²) in [5.41, 5.74) is 0. The van der Waals surface area contributed by atoms with Crippen LogP contribution in [0.15, 0.2) is 0 Å². The molecule has 0 aliphatic heterocycles. The highest BCUT2D eigenvalue weighted by Crippen LogP contribution is 2.24. The molecule has 1 rings (SSSR count). The summed E-state index contributed by atoms with van der Waals surface area (Å²) >= 11 is 0. The van der Waals surface area contributed by atoms with Gasteiger partial charge in [0.2, 0.25) is 0 Å². The Morgan fingerprint density at radius 1 is 1.29 bits per heavy atom. The van der Waals surface area contributed by atoms with Gasteiger partial charge in [-0.2, -0.15) is 0 Å². The average molecular weight is 199 g/mol. The Morgan fingerprint density at radius 3 is 2.64 bits per heavy atom. The van der Waals surface area contributed by atoms with E-state index in [1.807, 2.05) is 0 Å². The molecular weight excluding hydrogens is 174 g/mol. The van der Waals surface area contributed by atoms with E-state index in [0.717, 1.165) is 32.1 Å². The summed E-state index contributed by atoms with van der Waals surface area (Å²) in [6, 6.07) is 0.602. The Labute approximate surface area is 88.4 Å². The fourth-order valence-electron chi connectivity index (χ4n) is 1.99. The first-order chi connectivity index (χ1) is 6.79. The van der Waals surface area contributed by atoms with Crippen molar-refractivity contribution in [1.82, 2.24) is 5.32 Å². The SMILES string of the molecule is CC(C)NCCCOCC1CCCC1. The minimum absolute atomic E-state index is 0.602. The summed E-state index contributed by atoms with van der Waals surface area (Å²) < 4.78 is 5.66. The lowest BCUT2D eigenvalue weighted by Crippen LogP contribution is -2.24. The van der Waals surface area contributed by atoms with Crippen LogP contribution in [0.1, 0.15) is 46.0 Å². The van der Waals surface area contributed by atoms with Crippen LogP contribution in [0.4, 0.5) is 0 Å². The molecule has 1 fully saturated rings. The van der Waals surface area contributed by atoms with Gasteiger partial charge in [-0.05, 0) is 31.7 Å². The second-order valence-electron chi connectivity index (χ2n) is 4.69. The summed E-state index contributed by atoms with van der Waals surface area (Å²) in [6.45, 7) is 7.37. The van der Waals surface area contributed by atoms with Gasteiger partial charge >= 0.3 is 0 Å². The van der Waals surface area contributed by atoms with E-state index in [1.54, 1.807) is 0 Å². The van der Waals surface area contributed by atoms with Gasteiger partial charge in [0.25, 0.3) is 0 Å². The largest absolute Gasteiger partial charge is 0.381 e. The molecule has 0 bridgehead atoms. The van der Waals surface area contributed by atoms with Crippen molar-refractivity contribution in [3.8, 4) is 0 Å². The van der Waals surface area contributed by atoms with Gasteiger partial charge in [-0.3, -0.25) is 0 Å². The van der Waals surface area contributed by atoms with Crippen molar-refractivity contribution in [2.24, 2.45) is 5.92 Å². The lowest BCUT2D eigenvalue weighted by Gasteiger charge is -2.11. The lowest BCUT2D eigenvalue weighted by atomic mass is 10.1. The van der Waals surface area contributed by atoms with Crippen molar-refractivity contribution in [1.29, 1.82) is 0 Å². The molecule has 1 aliphatic carbocycles. The predicted molar refractivity (Wildman–Crippen MR) is 60.5 cm³/mol. The van der Waals surface area contributed by atoms with Crippen LogP contribution in [0.5, 0.6) is 0 Å². The molecule has 0 atom stereocenters. The van der Waals surface area contributed by atoms with Crippen molar-refractivity contribution in [2.45, 2.75) is 52.0 Å². The van der Waals surface area contributed by atoms with Crippen molar-refractivity contribution >= 4 is 0 Å². The molecule has 1 N–H and O–H groups in total. The normalized spacial score (nSPS) is 18.2. The van der Waals surface area contributed by atoms with E-state index in [4.69, 9.17) is 4.74 Å². The van der Waals surface area contributed by atoms with E-state index in [-0.39, 0.29) is 0 Å². The van der Waals surface area contributed by atoms with Crippen molar-refractivity contribution in [3.05, 3.63) is 0 Å². The number of ether oxygens (including phenoxy) is 1. The molecule has 0 spiro atoms. The maximum absolute atomic E-state index is 5.66. The molecule has 0 amide bonds. The van der Waals surface area contributed by atoms with Crippen LogP contribution in [-0.4, -0.2) is 25.8 Å². The average Bonchev–Trinajstić information content (AvgIpc) is 2.63. The van der Waals surface area contributed by atoms with Gasteiger partial charge in [0.1, 0.15) is 0 Å². The maximum Gasteiger partial charge on any atom is 0.0494 e. The molecule has 2 heteroatoms. The molecular formula is C12H25NO. The van der Waals surface area contributed by atoms with Crippen molar-refractivity contribution in [3.63, 3.8) is 0 Å². The van der Waals surface area contributed by atoms with Crippen LogP contribution < -0.4 is 5.32 Å². The van der Waals surface area contributed by atoms with E-state index in [2.05, 4.69) is 19.2 Å². The molecule has 0 radical (unpaired) electrons. The predicted octanol–water partition coefficient (Wildman–Crippen LogP) is 2.58. The van der Waals surface area contributed by atoms with Gasteiger partial charge in [-0.1, -0.05) is 26.7 Å². The molecule has 0 heterocycles. The highest BCUT2D eigenvalue weighted by atomic mass is 16.5. The van der Waals surface area contributed by atoms with Crippen LogP contribution in [-0.2, 0) is 4.74 Å². The van der Waals surface area contributed by atoms with Crippen molar-refractivity contribution < 1.29 is 4.74 Å².